The summed E-state index contributed by atoms with van der Waals surface area (Å²) in [6.07, 6.45) is 0. The summed E-state index contributed by atoms with van der Waals surface area (Å²) in [4.78, 5) is 22.2. The summed E-state index contributed by atoms with van der Waals surface area (Å²) in [5, 5.41) is 16.0. The number of ether oxygens (including phenoxy) is 2. The zero-order chi connectivity index (χ0) is 17.5. The fourth-order valence-corrected chi connectivity index (χ4v) is 2.03. The molecule has 126 valence electrons. The van der Waals surface area contributed by atoms with E-state index < -0.39 is 11.0 Å². The van der Waals surface area contributed by atoms with Crippen molar-refractivity contribution in [1.29, 1.82) is 0 Å². The van der Waals surface area contributed by atoms with Crippen molar-refractivity contribution in [1.82, 2.24) is 5.32 Å². The van der Waals surface area contributed by atoms with Crippen molar-refractivity contribution in [2.45, 2.75) is 6.54 Å². The second-order valence-corrected chi connectivity index (χ2v) is 4.80. The largest absolute Gasteiger partial charge is 0.497 e. The molecule has 8 heteroatoms. The monoisotopic (exact) mass is 331 g/mol. The third-order valence-electron chi connectivity index (χ3n) is 3.23. The molecule has 0 heterocycles. The molecule has 2 aromatic carbocycles. The summed E-state index contributed by atoms with van der Waals surface area (Å²) in [5.41, 5.74) is 1.10. The van der Waals surface area contributed by atoms with Crippen molar-refractivity contribution in [3.8, 4) is 11.5 Å². The van der Waals surface area contributed by atoms with Crippen LogP contribution in [-0.2, 0) is 6.54 Å². The minimum absolute atomic E-state index is 0.116. The van der Waals surface area contributed by atoms with Crippen molar-refractivity contribution in [2.75, 3.05) is 19.5 Å². The van der Waals surface area contributed by atoms with Gasteiger partial charge in [-0.1, -0.05) is 12.1 Å². The van der Waals surface area contributed by atoms with Crippen LogP contribution < -0.4 is 20.1 Å². The van der Waals surface area contributed by atoms with Gasteiger partial charge in [0.05, 0.1) is 30.9 Å². The molecule has 0 saturated heterocycles. The number of methoxy groups -OCH3 is 2. The minimum atomic E-state index is -0.533. The van der Waals surface area contributed by atoms with Crippen LogP contribution in [0.25, 0.3) is 0 Å². The molecule has 0 radical (unpaired) electrons. The van der Waals surface area contributed by atoms with Crippen molar-refractivity contribution >= 4 is 17.4 Å². The van der Waals surface area contributed by atoms with Gasteiger partial charge in [0.1, 0.15) is 11.5 Å². The fourth-order valence-electron chi connectivity index (χ4n) is 2.03. The number of carbonyl (C=O) groups excluding carboxylic acids is 1. The van der Waals surface area contributed by atoms with Gasteiger partial charge in [-0.3, -0.25) is 10.1 Å². The zero-order valence-electron chi connectivity index (χ0n) is 13.2. The fraction of sp³-hybridized carbons (Fsp3) is 0.188. The number of nitro groups is 1. The number of non-ortho nitro benzene ring substituents is 1. The summed E-state index contributed by atoms with van der Waals surface area (Å²) < 4.78 is 10.2. The molecule has 8 nitrogen and oxygen atoms in total. The van der Waals surface area contributed by atoms with Crippen molar-refractivity contribution in [2.24, 2.45) is 0 Å². The predicted molar refractivity (Wildman–Crippen MR) is 88.5 cm³/mol. The van der Waals surface area contributed by atoms with Gasteiger partial charge in [-0.15, -0.1) is 0 Å². The average molecular weight is 331 g/mol. The van der Waals surface area contributed by atoms with E-state index in [2.05, 4.69) is 10.6 Å². The van der Waals surface area contributed by atoms with Crippen LogP contribution in [0.5, 0.6) is 11.5 Å². The van der Waals surface area contributed by atoms with Crippen LogP contribution in [0.1, 0.15) is 5.56 Å². The molecule has 0 aromatic heterocycles. The van der Waals surface area contributed by atoms with Gasteiger partial charge < -0.3 is 20.1 Å². The Morgan fingerprint density at radius 3 is 2.62 bits per heavy atom. The highest BCUT2D eigenvalue weighted by Gasteiger charge is 2.13. The number of anilines is 1. The molecular weight excluding hydrogens is 314 g/mol. The van der Waals surface area contributed by atoms with Crippen LogP contribution >= 0.6 is 0 Å². The summed E-state index contributed by atoms with van der Waals surface area (Å²) in [6, 6.07) is 10.8. The first-order valence-corrected chi connectivity index (χ1v) is 7.03. The van der Waals surface area contributed by atoms with Crippen LogP contribution in [0.15, 0.2) is 42.5 Å². The summed E-state index contributed by atoms with van der Waals surface area (Å²) >= 11 is 0. The lowest BCUT2D eigenvalue weighted by atomic mass is 10.2. The molecule has 0 aliphatic heterocycles. The number of hydrogen-bond acceptors (Lipinski definition) is 5. The zero-order valence-corrected chi connectivity index (χ0v) is 13.2. The number of rotatable bonds is 6. The number of urea groups is 1. The van der Waals surface area contributed by atoms with Gasteiger partial charge in [0, 0.05) is 12.6 Å². The number of hydrogen-bond donors (Lipinski definition) is 2. The lowest BCUT2D eigenvalue weighted by Gasteiger charge is -2.11. The number of nitrogens with one attached hydrogen (secondary N) is 2. The molecule has 2 aromatic rings. The minimum Gasteiger partial charge on any atom is -0.497 e. The highest BCUT2D eigenvalue weighted by molar-refractivity contribution is 5.91. The first-order valence-electron chi connectivity index (χ1n) is 7.03. The Balaban J connectivity index is 2.00. The van der Waals surface area contributed by atoms with Gasteiger partial charge in [0.25, 0.3) is 5.69 Å². The van der Waals surface area contributed by atoms with E-state index in [4.69, 9.17) is 9.47 Å². The van der Waals surface area contributed by atoms with Gasteiger partial charge in [-0.25, -0.2) is 4.79 Å². The maximum absolute atomic E-state index is 12.0. The van der Waals surface area contributed by atoms with E-state index in [9.17, 15) is 14.9 Å². The summed E-state index contributed by atoms with van der Waals surface area (Å²) in [5.74, 6) is 0.910. The lowest BCUT2D eigenvalue weighted by Crippen LogP contribution is -2.28. The van der Waals surface area contributed by atoms with Gasteiger partial charge in [-0.2, -0.15) is 0 Å². The summed E-state index contributed by atoms with van der Waals surface area (Å²) in [6.45, 7) is 0.304. The van der Waals surface area contributed by atoms with E-state index in [1.54, 1.807) is 7.11 Å². The second-order valence-electron chi connectivity index (χ2n) is 4.80. The van der Waals surface area contributed by atoms with Gasteiger partial charge in [0.2, 0.25) is 0 Å². The van der Waals surface area contributed by atoms with Crippen molar-refractivity contribution in [3.05, 3.63) is 58.1 Å². The SMILES string of the molecule is COc1cccc(CNC(=O)Nc2ccc([N+](=O)[O-])cc2OC)c1. The third kappa shape index (κ3) is 4.35. The Morgan fingerprint density at radius 2 is 1.96 bits per heavy atom. The van der Waals surface area contributed by atoms with E-state index in [-0.39, 0.29) is 11.4 Å². The maximum Gasteiger partial charge on any atom is 0.319 e. The molecule has 2 N–H and O–H groups in total. The molecule has 0 unspecified atom stereocenters. The van der Waals surface area contributed by atoms with E-state index in [0.717, 1.165) is 5.56 Å². The number of nitrogens with zero attached hydrogens (tertiary/aromatic N) is 1. The molecule has 0 saturated carbocycles. The molecule has 0 atom stereocenters. The quantitative estimate of drug-likeness (QED) is 0.626. The van der Waals surface area contributed by atoms with E-state index in [1.807, 2.05) is 24.3 Å². The molecule has 0 aliphatic rings. The Kier molecular flexibility index (Phi) is 5.56. The first-order chi connectivity index (χ1) is 11.5. The Labute approximate surface area is 138 Å². The summed E-state index contributed by atoms with van der Waals surface area (Å²) in [7, 11) is 2.94. The maximum atomic E-state index is 12.0. The van der Waals surface area contributed by atoms with Crippen molar-refractivity contribution in [3.63, 3.8) is 0 Å². The van der Waals surface area contributed by atoms with Crippen LogP contribution in [0.2, 0.25) is 0 Å². The van der Waals surface area contributed by atoms with Crippen LogP contribution in [0.4, 0.5) is 16.2 Å². The molecule has 2 rings (SSSR count). The topological polar surface area (TPSA) is 103 Å². The molecule has 2 amide bonds. The lowest BCUT2D eigenvalue weighted by molar-refractivity contribution is -0.384. The molecule has 0 aliphatic carbocycles. The van der Waals surface area contributed by atoms with Crippen LogP contribution in [0.3, 0.4) is 0 Å². The molecule has 0 spiro atoms. The highest BCUT2D eigenvalue weighted by Crippen LogP contribution is 2.28. The van der Waals surface area contributed by atoms with E-state index >= 15 is 0 Å². The van der Waals surface area contributed by atoms with E-state index in [1.165, 1.54) is 25.3 Å². The number of benzene rings is 2. The average Bonchev–Trinajstić information content (AvgIpc) is 2.60. The number of nitro benzene ring substituents is 1. The second kappa shape index (κ2) is 7.82. The van der Waals surface area contributed by atoms with Gasteiger partial charge in [-0.05, 0) is 23.8 Å². The Bertz CT molecular complexity index is 748. The Hall–Kier alpha value is -3.29. The smallest absolute Gasteiger partial charge is 0.319 e. The molecule has 0 fully saturated rings. The highest BCUT2D eigenvalue weighted by atomic mass is 16.6. The van der Waals surface area contributed by atoms with E-state index in [0.29, 0.717) is 18.0 Å². The van der Waals surface area contributed by atoms with Gasteiger partial charge in [0.15, 0.2) is 0 Å². The normalized spacial score (nSPS) is 9.92. The number of amides is 2. The third-order valence-corrected chi connectivity index (χ3v) is 3.23. The number of carbonyl (C=O) groups is 1. The predicted octanol–water partition coefficient (Wildman–Crippen LogP) is 2.93. The molecule has 0 bridgehead atoms. The standard InChI is InChI=1S/C16H17N3O5/c1-23-13-5-3-4-11(8-13)10-17-16(20)18-14-7-6-12(19(21)22)9-15(14)24-2/h3-9H,10H2,1-2H3,(H2,17,18,20). The molecule has 24 heavy (non-hydrogen) atoms. The Morgan fingerprint density at radius 1 is 1.17 bits per heavy atom. The first kappa shape index (κ1) is 17.1. The van der Waals surface area contributed by atoms with Crippen molar-refractivity contribution < 1.29 is 19.2 Å². The van der Waals surface area contributed by atoms with Crippen LogP contribution in [0, 0.1) is 10.1 Å². The van der Waals surface area contributed by atoms with Crippen LogP contribution in [-0.4, -0.2) is 25.2 Å². The molecular formula is C16H17N3O5. The van der Waals surface area contributed by atoms with Gasteiger partial charge >= 0.3 is 6.03 Å².